The van der Waals surface area contributed by atoms with Gasteiger partial charge in [0.25, 0.3) is 0 Å². The molecule has 0 atom stereocenters. The Balaban J connectivity index is 1.75. The normalized spacial score (nSPS) is 10.5. The van der Waals surface area contributed by atoms with Crippen LogP contribution in [-0.2, 0) is 17.9 Å². The molecule has 1 amide bonds. The van der Waals surface area contributed by atoms with Crippen LogP contribution in [0, 0.1) is 0 Å². The minimum atomic E-state index is -0.188. The summed E-state index contributed by atoms with van der Waals surface area (Å²) in [6.07, 6.45) is 2.91. The maximum atomic E-state index is 12.0. The van der Waals surface area contributed by atoms with Gasteiger partial charge in [0.2, 0.25) is 11.3 Å². The van der Waals surface area contributed by atoms with Crippen LogP contribution in [0.2, 0.25) is 0 Å². The number of carbonyl (C=O) groups excluding carboxylic acids is 1. The molecule has 110 valence electrons. The van der Waals surface area contributed by atoms with Gasteiger partial charge in [0.1, 0.15) is 6.54 Å². The van der Waals surface area contributed by atoms with Crippen LogP contribution in [-0.4, -0.2) is 20.7 Å². The van der Waals surface area contributed by atoms with E-state index in [1.54, 1.807) is 24.4 Å². The highest BCUT2D eigenvalue weighted by molar-refractivity contribution is 5.81. The topological polar surface area (TPSA) is 76.9 Å². The Bertz CT molecular complexity index is 859. The van der Waals surface area contributed by atoms with Gasteiger partial charge in [-0.15, -0.1) is 0 Å². The van der Waals surface area contributed by atoms with E-state index in [1.807, 2.05) is 24.3 Å². The molecule has 3 aromatic rings. The second-order valence-electron chi connectivity index (χ2n) is 4.78. The molecule has 0 aliphatic heterocycles. The van der Waals surface area contributed by atoms with E-state index in [4.69, 9.17) is 0 Å². The van der Waals surface area contributed by atoms with Crippen molar-refractivity contribution in [3.8, 4) is 0 Å². The molecule has 0 unspecified atom stereocenters. The van der Waals surface area contributed by atoms with Gasteiger partial charge in [0.15, 0.2) is 0 Å². The molecule has 0 radical (unpaired) electrons. The number of pyridine rings is 1. The van der Waals surface area contributed by atoms with Crippen LogP contribution in [0.1, 0.15) is 5.69 Å². The maximum absolute atomic E-state index is 12.0. The highest BCUT2D eigenvalue weighted by Gasteiger charge is 2.07. The summed E-state index contributed by atoms with van der Waals surface area (Å²) in [6, 6.07) is 12.6. The fraction of sp³-hybridized carbons (Fsp3) is 0.125. The van der Waals surface area contributed by atoms with E-state index in [2.05, 4.69) is 15.4 Å². The summed E-state index contributed by atoms with van der Waals surface area (Å²) in [5, 5.41) is 7.37. The zero-order valence-electron chi connectivity index (χ0n) is 11.8. The third kappa shape index (κ3) is 3.01. The van der Waals surface area contributed by atoms with Gasteiger partial charge in [-0.1, -0.05) is 18.2 Å². The molecule has 1 aromatic carbocycles. The van der Waals surface area contributed by atoms with E-state index in [0.29, 0.717) is 17.4 Å². The minimum absolute atomic E-state index is 0.0492. The molecule has 2 heterocycles. The maximum Gasteiger partial charge on any atom is 0.242 e. The van der Waals surface area contributed by atoms with Crippen LogP contribution in [0.15, 0.2) is 59.7 Å². The summed E-state index contributed by atoms with van der Waals surface area (Å²) in [4.78, 5) is 27.9. The Hall–Kier alpha value is -3.02. The number of benzene rings is 1. The molecule has 0 saturated carbocycles. The van der Waals surface area contributed by atoms with E-state index in [1.165, 1.54) is 10.9 Å². The lowest BCUT2D eigenvalue weighted by atomic mass is 10.2. The molecule has 0 aliphatic carbocycles. The highest BCUT2D eigenvalue weighted by atomic mass is 16.2. The molecule has 3 rings (SSSR count). The Kier molecular flexibility index (Phi) is 3.91. The van der Waals surface area contributed by atoms with Crippen molar-refractivity contribution in [2.75, 3.05) is 0 Å². The summed E-state index contributed by atoms with van der Waals surface area (Å²) in [7, 11) is 0. The van der Waals surface area contributed by atoms with Crippen molar-refractivity contribution >= 4 is 16.8 Å². The quantitative estimate of drug-likeness (QED) is 0.782. The summed E-state index contributed by atoms with van der Waals surface area (Å²) < 4.78 is 1.52. The smallest absolute Gasteiger partial charge is 0.242 e. The molecule has 0 saturated heterocycles. The number of para-hydroxylation sites is 1. The van der Waals surface area contributed by atoms with Crippen molar-refractivity contribution in [2.24, 2.45) is 0 Å². The van der Waals surface area contributed by atoms with Gasteiger partial charge in [-0.2, -0.15) is 5.10 Å². The summed E-state index contributed by atoms with van der Waals surface area (Å²) in [5.41, 5.74) is 1.28. The Morgan fingerprint density at radius 3 is 2.77 bits per heavy atom. The largest absolute Gasteiger partial charge is 0.349 e. The van der Waals surface area contributed by atoms with Gasteiger partial charge in [0.05, 0.1) is 24.0 Å². The standard InChI is InChI=1S/C16H14N4O2/c21-15-10-19-20(14-7-2-1-6-13(14)15)11-16(22)18-9-12-5-3-4-8-17-12/h1-8,10H,9,11H2,(H,18,22). The van der Waals surface area contributed by atoms with Crippen LogP contribution in [0.5, 0.6) is 0 Å². The van der Waals surface area contributed by atoms with Crippen molar-refractivity contribution in [3.05, 3.63) is 70.8 Å². The molecule has 0 fully saturated rings. The fourth-order valence-electron chi connectivity index (χ4n) is 2.17. The number of hydrogen-bond donors (Lipinski definition) is 1. The second-order valence-corrected chi connectivity index (χ2v) is 4.78. The van der Waals surface area contributed by atoms with E-state index in [-0.39, 0.29) is 17.9 Å². The molecule has 0 spiro atoms. The number of rotatable bonds is 4. The average molecular weight is 294 g/mol. The predicted octanol–water partition coefficient (Wildman–Crippen LogP) is 1.11. The van der Waals surface area contributed by atoms with Gasteiger partial charge in [-0.05, 0) is 24.3 Å². The average Bonchev–Trinajstić information content (AvgIpc) is 2.57. The van der Waals surface area contributed by atoms with Crippen LogP contribution in [0.4, 0.5) is 0 Å². The van der Waals surface area contributed by atoms with Gasteiger partial charge in [-0.3, -0.25) is 19.3 Å². The first-order valence-electron chi connectivity index (χ1n) is 6.85. The highest BCUT2D eigenvalue weighted by Crippen LogP contribution is 2.07. The van der Waals surface area contributed by atoms with Crippen molar-refractivity contribution in [2.45, 2.75) is 13.1 Å². The van der Waals surface area contributed by atoms with Crippen LogP contribution in [0.25, 0.3) is 10.9 Å². The zero-order chi connectivity index (χ0) is 15.4. The molecule has 6 heteroatoms. The number of hydrogen-bond acceptors (Lipinski definition) is 4. The van der Waals surface area contributed by atoms with Gasteiger partial charge < -0.3 is 5.32 Å². The summed E-state index contributed by atoms with van der Waals surface area (Å²) in [6.45, 7) is 0.408. The predicted molar refractivity (Wildman–Crippen MR) is 82.1 cm³/mol. The first-order chi connectivity index (χ1) is 10.7. The molecular formula is C16H14N4O2. The second kappa shape index (κ2) is 6.17. The lowest BCUT2D eigenvalue weighted by Crippen LogP contribution is -2.29. The van der Waals surface area contributed by atoms with E-state index < -0.39 is 0 Å². The first kappa shape index (κ1) is 13.9. The molecule has 0 bridgehead atoms. The fourth-order valence-corrected chi connectivity index (χ4v) is 2.17. The minimum Gasteiger partial charge on any atom is -0.349 e. The molecule has 22 heavy (non-hydrogen) atoms. The van der Waals surface area contributed by atoms with E-state index in [9.17, 15) is 9.59 Å². The number of nitrogens with zero attached hydrogens (tertiary/aromatic N) is 3. The number of nitrogens with one attached hydrogen (secondary N) is 1. The molecule has 2 aromatic heterocycles. The third-order valence-electron chi connectivity index (χ3n) is 3.25. The SMILES string of the molecule is O=C(Cn1ncc(=O)c2ccccc21)NCc1ccccn1. The van der Waals surface area contributed by atoms with Crippen molar-refractivity contribution in [1.29, 1.82) is 0 Å². The van der Waals surface area contributed by atoms with Crippen LogP contribution in [0.3, 0.4) is 0 Å². The van der Waals surface area contributed by atoms with Gasteiger partial charge in [0, 0.05) is 11.6 Å². The van der Waals surface area contributed by atoms with E-state index in [0.717, 1.165) is 5.69 Å². The Morgan fingerprint density at radius 1 is 1.14 bits per heavy atom. The monoisotopic (exact) mass is 294 g/mol. The summed E-state index contributed by atoms with van der Waals surface area (Å²) >= 11 is 0. The molecule has 1 N–H and O–H groups in total. The Morgan fingerprint density at radius 2 is 1.95 bits per heavy atom. The molecular weight excluding hydrogens is 280 g/mol. The first-order valence-corrected chi connectivity index (χ1v) is 6.85. The number of fused-ring (bicyclic) bond motifs is 1. The summed E-state index contributed by atoms with van der Waals surface area (Å²) in [5.74, 6) is -0.188. The Labute approximate surface area is 126 Å². The molecule has 0 aliphatic rings. The van der Waals surface area contributed by atoms with Gasteiger partial charge >= 0.3 is 0 Å². The number of aromatic nitrogens is 3. The lowest BCUT2D eigenvalue weighted by molar-refractivity contribution is -0.121. The van der Waals surface area contributed by atoms with Crippen molar-refractivity contribution < 1.29 is 4.79 Å². The van der Waals surface area contributed by atoms with Crippen LogP contribution < -0.4 is 10.7 Å². The van der Waals surface area contributed by atoms with E-state index >= 15 is 0 Å². The number of amides is 1. The third-order valence-corrected chi connectivity index (χ3v) is 3.25. The van der Waals surface area contributed by atoms with Crippen molar-refractivity contribution in [1.82, 2.24) is 20.1 Å². The molecule has 6 nitrogen and oxygen atoms in total. The van der Waals surface area contributed by atoms with Crippen molar-refractivity contribution in [3.63, 3.8) is 0 Å². The zero-order valence-corrected chi connectivity index (χ0v) is 11.8. The number of carbonyl (C=O) groups is 1. The van der Waals surface area contributed by atoms with Crippen LogP contribution >= 0.6 is 0 Å². The van der Waals surface area contributed by atoms with Gasteiger partial charge in [-0.25, -0.2) is 0 Å². The lowest BCUT2D eigenvalue weighted by Gasteiger charge is -2.09.